The summed E-state index contributed by atoms with van der Waals surface area (Å²) in [5, 5.41) is 12.5. The Labute approximate surface area is 101 Å². The molecule has 0 amide bonds. The van der Waals surface area contributed by atoms with Crippen LogP contribution in [0.25, 0.3) is 0 Å². The Hall–Kier alpha value is -1.81. The van der Waals surface area contributed by atoms with E-state index in [2.05, 4.69) is 21.8 Å². The number of hydrogen-bond donors (Lipinski definition) is 2. The van der Waals surface area contributed by atoms with Gasteiger partial charge in [-0.2, -0.15) is 0 Å². The molecule has 4 heteroatoms. The van der Waals surface area contributed by atoms with Gasteiger partial charge in [-0.25, -0.2) is 4.98 Å². The molecule has 4 nitrogen and oxygen atoms in total. The van der Waals surface area contributed by atoms with Gasteiger partial charge in [-0.05, 0) is 24.2 Å². The maximum atomic E-state index is 9.22. The highest BCUT2D eigenvalue weighted by Gasteiger charge is 2.02. The average Bonchev–Trinajstić information content (AvgIpc) is 2.77. The zero-order chi connectivity index (χ0) is 12.1. The molecular weight excluding hydrogens is 214 g/mol. The van der Waals surface area contributed by atoms with E-state index in [0.717, 1.165) is 31.0 Å². The number of hydrogen-bond acceptors (Lipinski definition) is 3. The molecule has 1 heterocycles. The maximum Gasteiger partial charge on any atom is 0.122 e. The van der Waals surface area contributed by atoms with Crippen molar-refractivity contribution in [3.8, 4) is 5.75 Å². The van der Waals surface area contributed by atoms with Crippen LogP contribution in [0.4, 0.5) is 0 Å². The van der Waals surface area contributed by atoms with E-state index in [1.807, 2.05) is 24.5 Å². The second kappa shape index (κ2) is 5.50. The number of nitrogens with zero attached hydrogens (tertiary/aromatic N) is 2. The molecule has 0 aliphatic carbocycles. The van der Waals surface area contributed by atoms with Crippen LogP contribution in [0, 0.1) is 0 Å². The first-order valence-corrected chi connectivity index (χ1v) is 5.78. The fraction of sp³-hybridized carbons (Fsp3) is 0.308. The van der Waals surface area contributed by atoms with Crippen LogP contribution < -0.4 is 5.32 Å². The van der Waals surface area contributed by atoms with E-state index in [1.54, 1.807) is 12.1 Å². The Morgan fingerprint density at radius 1 is 1.29 bits per heavy atom. The molecule has 2 rings (SSSR count). The third kappa shape index (κ3) is 3.07. The molecule has 0 saturated carbocycles. The minimum absolute atomic E-state index is 0.298. The Balaban J connectivity index is 2.07. The summed E-state index contributed by atoms with van der Waals surface area (Å²) >= 11 is 0. The molecule has 0 aliphatic rings. The van der Waals surface area contributed by atoms with E-state index in [9.17, 15) is 5.11 Å². The zero-order valence-corrected chi connectivity index (χ0v) is 9.93. The summed E-state index contributed by atoms with van der Waals surface area (Å²) in [6.07, 6.45) is 3.78. The first kappa shape index (κ1) is 11.7. The van der Waals surface area contributed by atoms with Gasteiger partial charge in [-0.1, -0.05) is 19.1 Å². The minimum atomic E-state index is 0.298. The van der Waals surface area contributed by atoms with Gasteiger partial charge in [-0.15, -0.1) is 0 Å². The van der Waals surface area contributed by atoms with Crippen molar-refractivity contribution in [3.05, 3.63) is 48.0 Å². The fourth-order valence-electron chi connectivity index (χ4n) is 1.69. The largest absolute Gasteiger partial charge is 0.508 e. The Kier molecular flexibility index (Phi) is 3.77. The summed E-state index contributed by atoms with van der Waals surface area (Å²) in [6.45, 7) is 4.57. The van der Waals surface area contributed by atoms with Crippen molar-refractivity contribution in [2.24, 2.45) is 0 Å². The van der Waals surface area contributed by atoms with Crippen LogP contribution in [-0.4, -0.2) is 21.2 Å². The standard InChI is InChI=1S/C13H17N3O/c1-2-14-9-13-15-7-8-16(13)10-11-3-5-12(17)6-4-11/h3-8,14,17H,2,9-10H2,1H3. The quantitative estimate of drug-likeness (QED) is 0.824. The summed E-state index contributed by atoms with van der Waals surface area (Å²) in [4.78, 5) is 4.32. The van der Waals surface area contributed by atoms with Gasteiger partial charge in [0.25, 0.3) is 0 Å². The van der Waals surface area contributed by atoms with Gasteiger partial charge in [0.2, 0.25) is 0 Å². The van der Waals surface area contributed by atoms with Crippen LogP contribution in [0.15, 0.2) is 36.7 Å². The lowest BCUT2D eigenvalue weighted by atomic mass is 10.2. The van der Waals surface area contributed by atoms with Crippen molar-refractivity contribution >= 4 is 0 Å². The van der Waals surface area contributed by atoms with Crippen molar-refractivity contribution in [2.45, 2.75) is 20.0 Å². The molecule has 90 valence electrons. The van der Waals surface area contributed by atoms with Crippen molar-refractivity contribution in [1.29, 1.82) is 0 Å². The van der Waals surface area contributed by atoms with Crippen LogP contribution >= 0.6 is 0 Å². The monoisotopic (exact) mass is 231 g/mol. The molecule has 0 unspecified atom stereocenters. The van der Waals surface area contributed by atoms with Crippen LogP contribution in [0.5, 0.6) is 5.75 Å². The van der Waals surface area contributed by atoms with Gasteiger partial charge in [0.15, 0.2) is 0 Å². The molecule has 0 bridgehead atoms. The van der Waals surface area contributed by atoms with E-state index < -0.39 is 0 Å². The van der Waals surface area contributed by atoms with E-state index in [-0.39, 0.29) is 0 Å². The number of phenolic OH excluding ortho intramolecular Hbond substituents is 1. The van der Waals surface area contributed by atoms with E-state index in [0.29, 0.717) is 5.75 Å². The van der Waals surface area contributed by atoms with Gasteiger partial charge in [0.05, 0.1) is 6.54 Å². The van der Waals surface area contributed by atoms with Crippen LogP contribution in [0.2, 0.25) is 0 Å². The summed E-state index contributed by atoms with van der Waals surface area (Å²) in [6, 6.07) is 7.26. The van der Waals surface area contributed by atoms with Gasteiger partial charge in [-0.3, -0.25) is 0 Å². The Morgan fingerprint density at radius 2 is 2.06 bits per heavy atom. The van der Waals surface area contributed by atoms with Gasteiger partial charge >= 0.3 is 0 Å². The predicted molar refractivity (Wildman–Crippen MR) is 66.8 cm³/mol. The molecular formula is C13H17N3O. The molecule has 0 spiro atoms. The zero-order valence-electron chi connectivity index (χ0n) is 9.93. The number of phenols is 1. The normalized spacial score (nSPS) is 10.6. The third-order valence-corrected chi connectivity index (χ3v) is 2.62. The summed E-state index contributed by atoms with van der Waals surface area (Å²) in [7, 11) is 0. The predicted octanol–water partition coefficient (Wildman–Crippen LogP) is 1.75. The third-order valence-electron chi connectivity index (χ3n) is 2.62. The molecule has 2 aromatic rings. The average molecular weight is 231 g/mol. The number of nitrogens with one attached hydrogen (secondary N) is 1. The van der Waals surface area contributed by atoms with Gasteiger partial charge < -0.3 is 15.0 Å². The highest BCUT2D eigenvalue weighted by atomic mass is 16.3. The molecule has 1 aromatic carbocycles. The number of aromatic nitrogens is 2. The van der Waals surface area contributed by atoms with Crippen LogP contribution in [-0.2, 0) is 13.1 Å². The first-order chi connectivity index (χ1) is 8.29. The Bertz CT molecular complexity index is 462. The number of rotatable bonds is 5. The number of aromatic hydroxyl groups is 1. The van der Waals surface area contributed by atoms with Crippen molar-refractivity contribution < 1.29 is 5.11 Å². The lowest BCUT2D eigenvalue weighted by Gasteiger charge is -2.08. The molecule has 2 N–H and O–H groups in total. The van der Waals surface area contributed by atoms with Crippen LogP contribution in [0.1, 0.15) is 18.3 Å². The highest BCUT2D eigenvalue weighted by Crippen LogP contribution is 2.11. The summed E-state index contributed by atoms with van der Waals surface area (Å²) in [5.41, 5.74) is 1.15. The lowest BCUT2D eigenvalue weighted by molar-refractivity contribution is 0.475. The van der Waals surface area contributed by atoms with Gasteiger partial charge in [0, 0.05) is 18.9 Å². The highest BCUT2D eigenvalue weighted by molar-refractivity contribution is 5.26. The van der Waals surface area contributed by atoms with Gasteiger partial charge in [0.1, 0.15) is 11.6 Å². The molecule has 1 aromatic heterocycles. The summed E-state index contributed by atoms with van der Waals surface area (Å²) < 4.78 is 2.11. The second-order valence-electron chi connectivity index (χ2n) is 3.92. The van der Waals surface area contributed by atoms with E-state index in [4.69, 9.17) is 0 Å². The number of benzene rings is 1. The van der Waals surface area contributed by atoms with Crippen molar-refractivity contribution in [1.82, 2.24) is 14.9 Å². The first-order valence-electron chi connectivity index (χ1n) is 5.78. The fourth-order valence-corrected chi connectivity index (χ4v) is 1.69. The Morgan fingerprint density at radius 3 is 2.76 bits per heavy atom. The molecule has 0 saturated heterocycles. The molecule has 0 radical (unpaired) electrons. The number of imidazole rings is 1. The van der Waals surface area contributed by atoms with Crippen molar-refractivity contribution in [3.63, 3.8) is 0 Å². The summed E-state index contributed by atoms with van der Waals surface area (Å²) in [5.74, 6) is 1.33. The van der Waals surface area contributed by atoms with Crippen molar-refractivity contribution in [2.75, 3.05) is 6.54 Å². The maximum absolute atomic E-state index is 9.22. The molecule has 0 atom stereocenters. The molecule has 0 fully saturated rings. The van der Waals surface area contributed by atoms with E-state index >= 15 is 0 Å². The minimum Gasteiger partial charge on any atom is -0.508 e. The topological polar surface area (TPSA) is 50.1 Å². The molecule has 0 aliphatic heterocycles. The smallest absolute Gasteiger partial charge is 0.122 e. The molecule has 17 heavy (non-hydrogen) atoms. The van der Waals surface area contributed by atoms with E-state index in [1.165, 1.54) is 0 Å². The lowest BCUT2D eigenvalue weighted by Crippen LogP contribution is -2.16. The van der Waals surface area contributed by atoms with Crippen LogP contribution in [0.3, 0.4) is 0 Å². The SMILES string of the molecule is CCNCc1nccn1Cc1ccc(O)cc1. The second-order valence-corrected chi connectivity index (χ2v) is 3.92.